The average molecular weight is 413 g/mol. The highest BCUT2D eigenvalue weighted by molar-refractivity contribution is 5.90. The summed E-state index contributed by atoms with van der Waals surface area (Å²) in [6.07, 6.45) is 9.94. The zero-order valence-electron chi connectivity index (χ0n) is 16.6. The third-order valence-corrected chi connectivity index (χ3v) is 4.88. The van der Waals surface area contributed by atoms with E-state index in [9.17, 15) is 13.6 Å². The van der Waals surface area contributed by atoms with Crippen molar-refractivity contribution in [3.05, 3.63) is 42.7 Å². The van der Waals surface area contributed by atoms with Gasteiger partial charge in [-0.3, -0.25) is 9.48 Å². The predicted octanol–water partition coefficient (Wildman–Crippen LogP) is 4.27. The number of carbonyl (C=O) groups excluding carboxylic acids is 1. The second kappa shape index (κ2) is 7.77. The van der Waals surface area contributed by atoms with E-state index in [0.717, 1.165) is 25.3 Å². The van der Waals surface area contributed by atoms with E-state index in [1.165, 1.54) is 25.6 Å². The molecule has 30 heavy (non-hydrogen) atoms. The zero-order chi connectivity index (χ0) is 21.3. The maximum Gasteiger partial charge on any atom is 0.303 e. The van der Waals surface area contributed by atoms with E-state index in [-0.39, 0.29) is 11.7 Å². The molecule has 0 aliphatic heterocycles. The summed E-state index contributed by atoms with van der Waals surface area (Å²) in [5.41, 5.74) is 2.07. The van der Waals surface area contributed by atoms with Crippen molar-refractivity contribution in [1.29, 1.82) is 0 Å². The number of rotatable bonds is 6. The van der Waals surface area contributed by atoms with Gasteiger partial charge in [-0.15, -0.1) is 0 Å². The van der Waals surface area contributed by atoms with Crippen molar-refractivity contribution in [2.45, 2.75) is 45.1 Å². The highest BCUT2D eigenvalue weighted by atomic mass is 19.3. The number of nitrogens with zero attached hydrogens (tertiary/aromatic N) is 5. The summed E-state index contributed by atoms with van der Waals surface area (Å²) >= 11 is 0. The summed E-state index contributed by atoms with van der Waals surface area (Å²) < 4.78 is 29.2. The Morgan fingerprint density at radius 2 is 2.03 bits per heavy atom. The van der Waals surface area contributed by atoms with Crippen LogP contribution in [0.5, 0.6) is 0 Å². The highest BCUT2D eigenvalue weighted by Crippen LogP contribution is 2.35. The van der Waals surface area contributed by atoms with Crippen molar-refractivity contribution in [1.82, 2.24) is 24.7 Å². The molecule has 10 heteroatoms. The first kappa shape index (κ1) is 19.9. The number of hydrogen-bond donors (Lipinski definition) is 2. The lowest BCUT2D eigenvalue weighted by atomic mass is 9.93. The van der Waals surface area contributed by atoms with Gasteiger partial charge in [0.25, 0.3) is 0 Å². The number of amides is 1. The predicted molar refractivity (Wildman–Crippen MR) is 108 cm³/mol. The molecule has 1 amide bonds. The molecule has 0 atom stereocenters. The summed E-state index contributed by atoms with van der Waals surface area (Å²) in [5.74, 6) is -3.48. The molecule has 156 valence electrons. The van der Waals surface area contributed by atoms with Crippen molar-refractivity contribution in [3.63, 3.8) is 0 Å². The van der Waals surface area contributed by atoms with Crippen molar-refractivity contribution in [2.24, 2.45) is 0 Å². The van der Waals surface area contributed by atoms with Crippen LogP contribution in [0.25, 0.3) is 11.1 Å². The van der Waals surface area contributed by atoms with Gasteiger partial charge in [0.2, 0.25) is 11.7 Å². The Bertz CT molecular complexity index is 1070. The quantitative estimate of drug-likeness (QED) is 0.626. The fraction of sp³-hybridized carbons (Fsp3) is 0.350. The standard InChI is InChI=1S/C20H21F2N7O/c1-12(30)26-18-8-16(27-17-6-7-23-19(28-17)20(2,21)22)15(10-24-18)13-9-25-29(11-13)14-4-3-5-14/h6-11,14H,3-5H2,1-2H3,(H2,23,24,26,27,28,30). The van der Waals surface area contributed by atoms with Gasteiger partial charge in [0.1, 0.15) is 11.6 Å². The first-order valence-electron chi connectivity index (χ1n) is 9.60. The second-order valence-corrected chi connectivity index (χ2v) is 7.37. The Hall–Kier alpha value is -3.43. The van der Waals surface area contributed by atoms with Crippen molar-refractivity contribution >= 4 is 23.2 Å². The zero-order valence-corrected chi connectivity index (χ0v) is 16.6. The maximum absolute atomic E-state index is 13.6. The van der Waals surface area contributed by atoms with Gasteiger partial charge in [0.15, 0.2) is 0 Å². The third-order valence-electron chi connectivity index (χ3n) is 4.88. The minimum absolute atomic E-state index is 0.203. The number of pyridine rings is 1. The molecule has 0 unspecified atom stereocenters. The first-order chi connectivity index (χ1) is 14.3. The number of aromatic nitrogens is 5. The van der Waals surface area contributed by atoms with Gasteiger partial charge in [-0.25, -0.2) is 15.0 Å². The molecule has 1 fully saturated rings. The van der Waals surface area contributed by atoms with E-state index in [1.54, 1.807) is 18.5 Å². The molecule has 3 aromatic rings. The lowest BCUT2D eigenvalue weighted by Crippen LogP contribution is -2.16. The summed E-state index contributed by atoms with van der Waals surface area (Å²) in [6, 6.07) is 3.52. The number of alkyl halides is 2. The second-order valence-electron chi connectivity index (χ2n) is 7.37. The molecule has 2 N–H and O–H groups in total. The van der Waals surface area contributed by atoms with Crippen LogP contribution in [0.4, 0.5) is 26.1 Å². The smallest absolute Gasteiger partial charge is 0.303 e. The molecule has 1 aliphatic carbocycles. The Morgan fingerprint density at radius 3 is 2.70 bits per heavy atom. The summed E-state index contributed by atoms with van der Waals surface area (Å²) in [5, 5.41) is 10.1. The van der Waals surface area contributed by atoms with Gasteiger partial charge in [0, 0.05) is 49.6 Å². The molecule has 0 radical (unpaired) electrons. The first-order valence-corrected chi connectivity index (χ1v) is 9.60. The van der Waals surface area contributed by atoms with Gasteiger partial charge < -0.3 is 10.6 Å². The molecule has 0 spiro atoms. The van der Waals surface area contributed by atoms with Gasteiger partial charge in [-0.1, -0.05) is 0 Å². The van der Waals surface area contributed by atoms with Crippen LogP contribution in [0, 0.1) is 0 Å². The van der Waals surface area contributed by atoms with Crippen LogP contribution in [0.15, 0.2) is 36.9 Å². The van der Waals surface area contributed by atoms with E-state index in [2.05, 4.69) is 30.7 Å². The SMILES string of the molecule is CC(=O)Nc1cc(Nc2ccnc(C(C)(F)F)n2)c(-c2cnn(C3CCC3)c2)cn1. The third kappa shape index (κ3) is 4.27. The van der Waals surface area contributed by atoms with Gasteiger partial charge in [-0.2, -0.15) is 13.9 Å². The van der Waals surface area contributed by atoms with E-state index < -0.39 is 11.7 Å². The summed E-state index contributed by atoms with van der Waals surface area (Å²) in [7, 11) is 0. The topological polar surface area (TPSA) is 97.6 Å². The molecule has 1 saturated carbocycles. The van der Waals surface area contributed by atoms with Crippen LogP contribution in [0.2, 0.25) is 0 Å². The molecule has 8 nitrogen and oxygen atoms in total. The van der Waals surface area contributed by atoms with Crippen molar-refractivity contribution in [2.75, 3.05) is 10.6 Å². The largest absolute Gasteiger partial charge is 0.339 e. The number of halogens is 2. The van der Waals surface area contributed by atoms with Crippen LogP contribution >= 0.6 is 0 Å². The van der Waals surface area contributed by atoms with Crippen LogP contribution in [-0.4, -0.2) is 30.6 Å². The molecule has 0 bridgehead atoms. The summed E-state index contributed by atoms with van der Waals surface area (Å²) in [6.45, 7) is 2.12. The monoisotopic (exact) mass is 413 g/mol. The fourth-order valence-corrected chi connectivity index (χ4v) is 3.14. The highest BCUT2D eigenvalue weighted by Gasteiger charge is 2.28. The van der Waals surface area contributed by atoms with E-state index in [0.29, 0.717) is 23.1 Å². The molecule has 0 aromatic carbocycles. The Morgan fingerprint density at radius 1 is 1.23 bits per heavy atom. The molecule has 1 aliphatic rings. The molecule has 0 saturated heterocycles. The molecular formula is C20H21F2N7O. The Labute approximate surface area is 171 Å². The molecular weight excluding hydrogens is 392 g/mol. The molecule has 4 rings (SSSR count). The van der Waals surface area contributed by atoms with Gasteiger partial charge in [-0.05, 0) is 25.3 Å². The minimum Gasteiger partial charge on any atom is -0.339 e. The van der Waals surface area contributed by atoms with Crippen LogP contribution in [-0.2, 0) is 10.7 Å². The van der Waals surface area contributed by atoms with Gasteiger partial charge in [0.05, 0.1) is 17.9 Å². The van der Waals surface area contributed by atoms with Crippen molar-refractivity contribution < 1.29 is 13.6 Å². The Kier molecular flexibility index (Phi) is 5.15. The lowest BCUT2D eigenvalue weighted by Gasteiger charge is -2.25. The van der Waals surface area contributed by atoms with Crippen LogP contribution < -0.4 is 10.6 Å². The van der Waals surface area contributed by atoms with E-state index in [1.807, 2.05) is 10.9 Å². The number of carbonyl (C=O) groups is 1. The van der Waals surface area contributed by atoms with Crippen LogP contribution in [0.1, 0.15) is 45.0 Å². The Balaban J connectivity index is 1.70. The van der Waals surface area contributed by atoms with E-state index in [4.69, 9.17) is 0 Å². The number of hydrogen-bond acceptors (Lipinski definition) is 6. The number of nitrogens with one attached hydrogen (secondary N) is 2. The fourth-order valence-electron chi connectivity index (χ4n) is 3.14. The van der Waals surface area contributed by atoms with Gasteiger partial charge >= 0.3 is 5.92 Å². The summed E-state index contributed by atoms with van der Waals surface area (Å²) in [4.78, 5) is 23.3. The lowest BCUT2D eigenvalue weighted by molar-refractivity contribution is -0.114. The van der Waals surface area contributed by atoms with E-state index >= 15 is 0 Å². The maximum atomic E-state index is 13.6. The molecule has 3 aromatic heterocycles. The van der Waals surface area contributed by atoms with Crippen molar-refractivity contribution in [3.8, 4) is 11.1 Å². The number of anilines is 3. The molecule has 3 heterocycles. The van der Waals surface area contributed by atoms with Crippen LogP contribution in [0.3, 0.4) is 0 Å². The average Bonchev–Trinajstić information content (AvgIpc) is 3.08. The minimum atomic E-state index is -3.16. The normalized spacial score (nSPS) is 14.3.